The number of ether oxygens (including phenoxy) is 1. The van der Waals surface area contributed by atoms with Gasteiger partial charge in [0.05, 0.1) is 5.54 Å². The zero-order valence-corrected chi connectivity index (χ0v) is 15.4. The summed E-state index contributed by atoms with van der Waals surface area (Å²) in [6.45, 7) is 3.57. The van der Waals surface area contributed by atoms with Gasteiger partial charge in [0.1, 0.15) is 0 Å². The Bertz CT molecular complexity index is 791. The van der Waals surface area contributed by atoms with Gasteiger partial charge in [0.25, 0.3) is 5.91 Å². The van der Waals surface area contributed by atoms with Crippen molar-refractivity contribution in [2.24, 2.45) is 13.0 Å². The van der Waals surface area contributed by atoms with Gasteiger partial charge in [-0.15, -0.1) is 0 Å². The van der Waals surface area contributed by atoms with Gasteiger partial charge < -0.3 is 14.2 Å². The zero-order chi connectivity index (χ0) is 17.6. The number of likely N-dealkylation sites (tertiary alicyclic amines) is 2. The van der Waals surface area contributed by atoms with Crippen LogP contribution in [0.25, 0.3) is 10.9 Å². The number of hydrogen-bond donors (Lipinski definition) is 0. The third-order valence-electron chi connectivity index (χ3n) is 6.14. The minimum Gasteiger partial charge on any atom is -0.384 e. The number of methoxy groups -OCH3 is 1. The molecule has 0 unspecified atom stereocenters. The Balaban J connectivity index is 1.47. The molecule has 1 atom stereocenters. The van der Waals surface area contributed by atoms with Crippen LogP contribution in [-0.4, -0.2) is 66.2 Å². The van der Waals surface area contributed by atoms with E-state index in [-0.39, 0.29) is 11.4 Å². The highest BCUT2D eigenvalue weighted by Gasteiger charge is 2.50. The molecule has 0 saturated carbocycles. The van der Waals surface area contributed by atoms with Crippen molar-refractivity contribution in [3.63, 3.8) is 0 Å². The smallest absolute Gasteiger partial charge is 0.254 e. The average Bonchev–Trinajstić information content (AvgIpc) is 2.95. The number of fused-ring (bicyclic) bond motifs is 1. The molecule has 4 rings (SSSR count). The molecule has 0 radical (unpaired) electrons. The van der Waals surface area contributed by atoms with Crippen molar-refractivity contribution in [2.75, 3.05) is 40.4 Å². The first-order chi connectivity index (χ1) is 12.0. The van der Waals surface area contributed by atoms with Gasteiger partial charge in [0.2, 0.25) is 0 Å². The predicted molar refractivity (Wildman–Crippen MR) is 98.8 cm³/mol. The number of aromatic nitrogens is 1. The molecule has 2 aliphatic heterocycles. The summed E-state index contributed by atoms with van der Waals surface area (Å²) in [4.78, 5) is 17.3. The number of aryl methyl sites for hydroxylation is 1. The maximum absolute atomic E-state index is 12.9. The third kappa shape index (κ3) is 2.75. The van der Waals surface area contributed by atoms with E-state index < -0.39 is 0 Å². The van der Waals surface area contributed by atoms with Crippen LogP contribution in [0.4, 0.5) is 0 Å². The highest BCUT2D eigenvalue weighted by atomic mass is 16.5. The van der Waals surface area contributed by atoms with E-state index in [2.05, 4.69) is 22.6 Å². The van der Waals surface area contributed by atoms with Crippen LogP contribution >= 0.6 is 0 Å². The van der Waals surface area contributed by atoms with E-state index in [1.807, 2.05) is 36.3 Å². The van der Waals surface area contributed by atoms with Gasteiger partial charge in [0.15, 0.2) is 0 Å². The molecule has 0 bridgehead atoms. The molecule has 2 aromatic rings. The summed E-state index contributed by atoms with van der Waals surface area (Å²) in [5.41, 5.74) is 2.10. The maximum Gasteiger partial charge on any atom is 0.254 e. The molecule has 2 aliphatic rings. The molecule has 25 heavy (non-hydrogen) atoms. The minimum atomic E-state index is 0.147. The molecular formula is C20H27N3O2. The van der Waals surface area contributed by atoms with Crippen molar-refractivity contribution >= 4 is 16.8 Å². The minimum absolute atomic E-state index is 0.147. The predicted octanol–water partition coefficient (Wildman–Crippen LogP) is 2.36. The number of likely N-dealkylation sites (N-methyl/N-ethyl adjacent to an activating group) is 1. The quantitative estimate of drug-likeness (QED) is 0.860. The number of carbonyl (C=O) groups is 1. The summed E-state index contributed by atoms with van der Waals surface area (Å²) in [6.07, 6.45) is 4.34. The van der Waals surface area contributed by atoms with E-state index in [1.165, 1.54) is 6.42 Å². The maximum atomic E-state index is 12.9. The van der Waals surface area contributed by atoms with Crippen molar-refractivity contribution in [1.29, 1.82) is 0 Å². The highest BCUT2D eigenvalue weighted by Crippen LogP contribution is 2.39. The molecule has 134 valence electrons. The lowest BCUT2D eigenvalue weighted by atomic mass is 9.75. The number of rotatable bonds is 3. The van der Waals surface area contributed by atoms with E-state index >= 15 is 0 Å². The number of carbonyl (C=O) groups excluding carboxylic acids is 1. The summed E-state index contributed by atoms with van der Waals surface area (Å²) in [7, 11) is 6.00. The monoisotopic (exact) mass is 341 g/mol. The molecule has 1 aromatic heterocycles. The summed E-state index contributed by atoms with van der Waals surface area (Å²) < 4.78 is 7.44. The van der Waals surface area contributed by atoms with Crippen LogP contribution in [0.1, 0.15) is 23.2 Å². The Hall–Kier alpha value is -1.85. The van der Waals surface area contributed by atoms with Crippen molar-refractivity contribution < 1.29 is 9.53 Å². The number of nitrogens with zero attached hydrogens (tertiary/aromatic N) is 3. The SMILES string of the molecule is COC[C@@H]1CCN(C)C2(C1)CN(C(=O)c1ccc3c(ccn3C)c1)C2. The second-order valence-electron chi connectivity index (χ2n) is 7.82. The van der Waals surface area contributed by atoms with Crippen LogP contribution in [0.2, 0.25) is 0 Å². The van der Waals surface area contributed by atoms with Gasteiger partial charge >= 0.3 is 0 Å². The first-order valence-electron chi connectivity index (χ1n) is 9.07. The van der Waals surface area contributed by atoms with Gasteiger partial charge in [-0.05, 0) is 56.6 Å². The van der Waals surface area contributed by atoms with Crippen LogP contribution in [0.15, 0.2) is 30.5 Å². The fraction of sp³-hybridized carbons (Fsp3) is 0.550. The zero-order valence-electron chi connectivity index (χ0n) is 15.4. The first-order valence-corrected chi connectivity index (χ1v) is 9.07. The lowest BCUT2D eigenvalue weighted by Gasteiger charge is -2.58. The molecule has 0 aliphatic carbocycles. The van der Waals surface area contributed by atoms with Gasteiger partial charge in [-0.1, -0.05) is 0 Å². The van der Waals surface area contributed by atoms with Crippen LogP contribution in [-0.2, 0) is 11.8 Å². The standard InChI is InChI=1S/C20H27N3O2/c1-21-8-7-16-10-17(4-5-18(16)21)19(24)23-13-20(14-23)11-15(12-25-3)6-9-22(20)2/h4-5,7-8,10,15H,6,9,11-14H2,1-3H3/t15-/m1/s1. The number of benzene rings is 1. The van der Waals surface area contributed by atoms with E-state index in [0.717, 1.165) is 49.1 Å². The highest BCUT2D eigenvalue weighted by molar-refractivity contribution is 5.98. The molecule has 1 aromatic carbocycles. The molecule has 5 heteroatoms. The van der Waals surface area contributed by atoms with Crippen molar-refractivity contribution in [1.82, 2.24) is 14.4 Å². The van der Waals surface area contributed by atoms with E-state index in [1.54, 1.807) is 7.11 Å². The van der Waals surface area contributed by atoms with Crippen LogP contribution in [0.5, 0.6) is 0 Å². The lowest BCUT2D eigenvalue weighted by molar-refractivity contribution is -0.0731. The summed E-state index contributed by atoms with van der Waals surface area (Å²) in [5, 5.41) is 1.12. The van der Waals surface area contributed by atoms with E-state index in [0.29, 0.717) is 5.92 Å². The van der Waals surface area contributed by atoms with Gasteiger partial charge in [-0.25, -0.2) is 0 Å². The Morgan fingerprint density at radius 2 is 2.08 bits per heavy atom. The molecule has 5 nitrogen and oxygen atoms in total. The van der Waals surface area contributed by atoms with Gasteiger partial charge in [0, 0.05) is 56.5 Å². The summed E-state index contributed by atoms with van der Waals surface area (Å²) in [5.74, 6) is 0.762. The summed E-state index contributed by atoms with van der Waals surface area (Å²) in [6, 6.07) is 8.07. The average molecular weight is 341 g/mol. The van der Waals surface area contributed by atoms with E-state index in [9.17, 15) is 4.79 Å². The first kappa shape index (κ1) is 16.6. The molecular weight excluding hydrogens is 314 g/mol. The number of piperidine rings is 1. The van der Waals surface area contributed by atoms with E-state index in [4.69, 9.17) is 4.74 Å². The molecule has 1 spiro atoms. The second-order valence-corrected chi connectivity index (χ2v) is 7.82. The molecule has 2 saturated heterocycles. The van der Waals surface area contributed by atoms with Crippen molar-refractivity contribution in [2.45, 2.75) is 18.4 Å². The van der Waals surface area contributed by atoms with Gasteiger partial charge in [-0.3, -0.25) is 9.69 Å². The fourth-order valence-corrected chi connectivity index (χ4v) is 4.56. The molecule has 2 fully saturated rings. The number of amides is 1. The largest absolute Gasteiger partial charge is 0.384 e. The summed E-state index contributed by atoms with van der Waals surface area (Å²) >= 11 is 0. The van der Waals surface area contributed by atoms with Crippen LogP contribution < -0.4 is 0 Å². The van der Waals surface area contributed by atoms with Crippen LogP contribution in [0, 0.1) is 5.92 Å². The lowest BCUT2D eigenvalue weighted by Crippen LogP contribution is -2.72. The Kier molecular flexibility index (Phi) is 4.08. The van der Waals surface area contributed by atoms with Crippen LogP contribution in [0.3, 0.4) is 0 Å². The Labute approximate surface area is 149 Å². The number of hydrogen-bond acceptors (Lipinski definition) is 3. The van der Waals surface area contributed by atoms with Gasteiger partial charge in [-0.2, -0.15) is 0 Å². The van der Waals surface area contributed by atoms with Crippen molar-refractivity contribution in [3.8, 4) is 0 Å². The third-order valence-corrected chi connectivity index (χ3v) is 6.14. The normalized spacial score (nSPS) is 23.2. The second kappa shape index (κ2) is 6.15. The molecule has 0 N–H and O–H groups in total. The Morgan fingerprint density at radius 3 is 2.84 bits per heavy atom. The topological polar surface area (TPSA) is 37.7 Å². The fourth-order valence-electron chi connectivity index (χ4n) is 4.56. The molecule has 1 amide bonds. The Morgan fingerprint density at radius 1 is 1.28 bits per heavy atom. The van der Waals surface area contributed by atoms with Crippen molar-refractivity contribution in [3.05, 3.63) is 36.0 Å². The molecule has 3 heterocycles.